The van der Waals surface area contributed by atoms with Crippen LogP contribution in [0.15, 0.2) is 66.9 Å². The molecule has 2 aromatic carbocycles. The van der Waals surface area contributed by atoms with Crippen LogP contribution >= 0.6 is 24.4 Å². The largest absolute Gasteiger partial charge is 0.506 e. The number of urea groups is 1. The number of hydrogen-bond donors (Lipinski definition) is 3. The standard InChI is InChI=1S/C22H19ClN6O2S/c1-2-24-22(31)29(32)19-11-9-16-21(26-19)27-20(13-25-16)28(15-6-4-3-5-7-15)17-10-8-14(23)12-18(17)30/h3-13,30,32H,2H2,1H3,(H,24,31). The molecular weight excluding hydrogens is 448 g/mol. The predicted molar refractivity (Wildman–Crippen MR) is 129 cm³/mol. The SMILES string of the molecule is CCNC(=O)N(S)c1ccc2ncc(N(c3ccccc3)c3ccc(Cl)cc3O)nc2n1. The van der Waals surface area contributed by atoms with Crippen LogP contribution in [0.2, 0.25) is 5.02 Å². The lowest BCUT2D eigenvalue weighted by atomic mass is 10.2. The third kappa shape index (κ3) is 4.39. The number of hydrogen-bond acceptors (Lipinski definition) is 7. The van der Waals surface area contributed by atoms with Crippen molar-refractivity contribution in [3.8, 4) is 5.75 Å². The summed E-state index contributed by atoms with van der Waals surface area (Å²) in [5.41, 5.74) is 2.10. The number of anilines is 4. The number of nitrogens with zero attached hydrogens (tertiary/aromatic N) is 5. The number of benzene rings is 2. The predicted octanol–water partition coefficient (Wildman–Crippen LogP) is 5.23. The molecule has 0 saturated heterocycles. The van der Waals surface area contributed by atoms with Crippen molar-refractivity contribution in [1.82, 2.24) is 20.3 Å². The first-order chi connectivity index (χ1) is 15.5. The first kappa shape index (κ1) is 21.7. The summed E-state index contributed by atoms with van der Waals surface area (Å²) in [6.45, 7) is 2.28. The number of halogens is 1. The fourth-order valence-corrected chi connectivity index (χ4v) is 3.44. The van der Waals surface area contributed by atoms with Gasteiger partial charge in [0.15, 0.2) is 11.5 Å². The van der Waals surface area contributed by atoms with Crippen molar-refractivity contribution in [3.05, 3.63) is 71.9 Å². The summed E-state index contributed by atoms with van der Waals surface area (Å²) in [6, 6.07) is 17.2. The minimum absolute atomic E-state index is 0.0114. The van der Waals surface area contributed by atoms with Crippen LogP contribution in [-0.4, -0.2) is 32.6 Å². The lowest BCUT2D eigenvalue weighted by Crippen LogP contribution is -2.34. The normalized spacial score (nSPS) is 10.7. The van der Waals surface area contributed by atoms with Crippen molar-refractivity contribution in [2.75, 3.05) is 15.7 Å². The first-order valence-corrected chi connectivity index (χ1v) is 10.5. The molecule has 162 valence electrons. The number of fused-ring (bicyclic) bond motifs is 1. The zero-order chi connectivity index (χ0) is 22.7. The highest BCUT2D eigenvalue weighted by atomic mass is 35.5. The van der Waals surface area contributed by atoms with Gasteiger partial charge in [-0.15, -0.1) is 0 Å². The van der Waals surface area contributed by atoms with Gasteiger partial charge in [0.05, 0.1) is 11.9 Å². The highest BCUT2D eigenvalue weighted by molar-refractivity contribution is 7.82. The Balaban J connectivity index is 1.83. The minimum atomic E-state index is -0.399. The highest BCUT2D eigenvalue weighted by Gasteiger charge is 2.19. The first-order valence-electron chi connectivity index (χ1n) is 9.72. The Morgan fingerprint density at radius 2 is 1.84 bits per heavy atom. The quantitative estimate of drug-likeness (QED) is 0.348. The van der Waals surface area contributed by atoms with E-state index in [1.807, 2.05) is 37.3 Å². The van der Waals surface area contributed by atoms with Gasteiger partial charge in [-0.1, -0.05) is 42.6 Å². The van der Waals surface area contributed by atoms with Crippen LogP contribution < -0.4 is 14.5 Å². The molecule has 4 aromatic rings. The van der Waals surface area contributed by atoms with Gasteiger partial charge in [-0.05, 0) is 43.3 Å². The summed E-state index contributed by atoms with van der Waals surface area (Å²) in [4.78, 5) is 27.4. The number of para-hydroxylation sites is 1. The second-order valence-corrected chi connectivity index (χ2v) is 7.53. The van der Waals surface area contributed by atoms with Gasteiger partial charge in [0.2, 0.25) is 0 Å². The Hall–Kier alpha value is -3.56. The van der Waals surface area contributed by atoms with Crippen LogP contribution in [0.1, 0.15) is 6.92 Å². The third-order valence-electron chi connectivity index (χ3n) is 4.54. The van der Waals surface area contributed by atoms with Crippen molar-refractivity contribution in [2.45, 2.75) is 6.92 Å². The molecule has 0 unspecified atom stereocenters. The van der Waals surface area contributed by atoms with Crippen molar-refractivity contribution in [3.63, 3.8) is 0 Å². The van der Waals surface area contributed by atoms with Crippen molar-refractivity contribution >= 4 is 64.6 Å². The number of nitrogens with one attached hydrogen (secondary N) is 1. The Labute approximate surface area is 195 Å². The molecule has 2 N–H and O–H groups in total. The number of carbonyl (C=O) groups is 1. The molecule has 8 nitrogen and oxygen atoms in total. The summed E-state index contributed by atoms with van der Waals surface area (Å²) in [5, 5.41) is 13.6. The summed E-state index contributed by atoms with van der Waals surface area (Å²) < 4.78 is 1.11. The van der Waals surface area contributed by atoms with E-state index in [1.165, 1.54) is 6.07 Å². The van der Waals surface area contributed by atoms with Gasteiger partial charge in [-0.25, -0.2) is 24.1 Å². The van der Waals surface area contributed by atoms with E-state index >= 15 is 0 Å². The van der Waals surface area contributed by atoms with Gasteiger partial charge in [-0.3, -0.25) is 4.90 Å². The van der Waals surface area contributed by atoms with Crippen LogP contribution in [0.3, 0.4) is 0 Å². The van der Waals surface area contributed by atoms with Crippen LogP contribution in [0.5, 0.6) is 5.75 Å². The van der Waals surface area contributed by atoms with Gasteiger partial charge in [0.1, 0.15) is 17.1 Å². The smallest absolute Gasteiger partial charge is 0.333 e. The van der Waals surface area contributed by atoms with Gasteiger partial charge in [0, 0.05) is 23.3 Å². The van der Waals surface area contributed by atoms with E-state index in [2.05, 4.69) is 33.1 Å². The van der Waals surface area contributed by atoms with E-state index in [9.17, 15) is 9.90 Å². The molecule has 0 atom stereocenters. The van der Waals surface area contributed by atoms with E-state index in [0.29, 0.717) is 40.1 Å². The Morgan fingerprint density at radius 3 is 2.56 bits per heavy atom. The maximum absolute atomic E-state index is 12.1. The molecule has 0 saturated carbocycles. The molecule has 0 radical (unpaired) electrons. The number of phenolic OH excluding ortho intramolecular Hbond substituents is 1. The van der Waals surface area contributed by atoms with E-state index < -0.39 is 6.03 Å². The third-order valence-corrected chi connectivity index (χ3v) is 5.16. The van der Waals surface area contributed by atoms with Crippen molar-refractivity contribution < 1.29 is 9.90 Å². The lowest BCUT2D eigenvalue weighted by Gasteiger charge is -2.24. The zero-order valence-electron chi connectivity index (χ0n) is 17.0. The van der Waals surface area contributed by atoms with E-state index in [1.54, 1.807) is 35.4 Å². The summed E-state index contributed by atoms with van der Waals surface area (Å²) in [7, 11) is 0. The summed E-state index contributed by atoms with van der Waals surface area (Å²) in [6.07, 6.45) is 1.59. The topological polar surface area (TPSA) is 94.5 Å². The number of rotatable bonds is 5. The molecule has 4 rings (SSSR count). The van der Waals surface area contributed by atoms with Gasteiger partial charge < -0.3 is 10.4 Å². The molecule has 2 heterocycles. The average Bonchev–Trinajstić information content (AvgIpc) is 2.80. The highest BCUT2D eigenvalue weighted by Crippen LogP contribution is 2.39. The van der Waals surface area contributed by atoms with Crippen LogP contribution in [-0.2, 0) is 0 Å². The van der Waals surface area contributed by atoms with Crippen LogP contribution in [0.25, 0.3) is 11.2 Å². The maximum atomic E-state index is 12.1. The maximum Gasteiger partial charge on any atom is 0.333 e. The molecule has 0 spiro atoms. The fraction of sp³-hybridized carbons (Fsp3) is 0.0909. The number of amides is 2. The zero-order valence-corrected chi connectivity index (χ0v) is 18.6. The Kier molecular flexibility index (Phi) is 6.29. The monoisotopic (exact) mass is 466 g/mol. The Bertz CT molecular complexity index is 1270. The minimum Gasteiger partial charge on any atom is -0.506 e. The number of phenols is 1. The second kappa shape index (κ2) is 9.29. The number of aromatic hydroxyl groups is 1. The van der Waals surface area contributed by atoms with Gasteiger partial charge >= 0.3 is 6.03 Å². The number of aromatic nitrogens is 3. The van der Waals surface area contributed by atoms with Crippen molar-refractivity contribution in [2.24, 2.45) is 0 Å². The van der Waals surface area contributed by atoms with E-state index in [4.69, 9.17) is 11.6 Å². The fourth-order valence-electron chi connectivity index (χ4n) is 3.09. The molecule has 0 fully saturated rings. The molecule has 2 aromatic heterocycles. The van der Waals surface area contributed by atoms with Crippen LogP contribution in [0.4, 0.5) is 27.8 Å². The molecule has 32 heavy (non-hydrogen) atoms. The van der Waals surface area contributed by atoms with E-state index in [-0.39, 0.29) is 5.75 Å². The molecule has 0 bridgehead atoms. The Morgan fingerprint density at radius 1 is 1.09 bits per heavy atom. The molecule has 0 aliphatic rings. The second-order valence-electron chi connectivity index (χ2n) is 6.69. The van der Waals surface area contributed by atoms with Crippen LogP contribution in [0, 0.1) is 0 Å². The van der Waals surface area contributed by atoms with Gasteiger partial charge in [-0.2, -0.15) is 0 Å². The number of pyridine rings is 1. The number of thiol groups is 1. The lowest BCUT2D eigenvalue weighted by molar-refractivity contribution is 0.250. The molecule has 0 aliphatic carbocycles. The molecule has 0 aliphatic heterocycles. The van der Waals surface area contributed by atoms with E-state index in [0.717, 1.165) is 9.99 Å². The summed E-state index contributed by atoms with van der Waals surface area (Å²) in [5.74, 6) is 0.719. The summed E-state index contributed by atoms with van der Waals surface area (Å²) >= 11 is 10.3. The number of carbonyl (C=O) groups excluding carboxylic acids is 1. The molecule has 2 amide bonds. The van der Waals surface area contributed by atoms with Gasteiger partial charge in [0.25, 0.3) is 0 Å². The average molecular weight is 467 g/mol. The molecule has 10 heteroatoms. The van der Waals surface area contributed by atoms with Crippen molar-refractivity contribution in [1.29, 1.82) is 0 Å². The molecular formula is C22H19ClN6O2S.